The number of hydrogen-bond donors (Lipinski definition) is 2. The predicted octanol–water partition coefficient (Wildman–Crippen LogP) is 1.60. The van der Waals surface area contributed by atoms with Crippen molar-refractivity contribution in [1.82, 2.24) is 0 Å². The summed E-state index contributed by atoms with van der Waals surface area (Å²) < 4.78 is 0. The summed E-state index contributed by atoms with van der Waals surface area (Å²) in [6.07, 6.45) is 0.903. The molecule has 2 amide bonds. The van der Waals surface area contributed by atoms with E-state index >= 15 is 0 Å². The number of rotatable bonds is 4. The van der Waals surface area contributed by atoms with Gasteiger partial charge in [0.1, 0.15) is 0 Å². The van der Waals surface area contributed by atoms with E-state index in [0.29, 0.717) is 12.8 Å². The molecule has 0 saturated heterocycles. The van der Waals surface area contributed by atoms with Gasteiger partial charge in [0.25, 0.3) is 0 Å². The van der Waals surface area contributed by atoms with Crippen LogP contribution in [0.15, 0.2) is 36.4 Å². The summed E-state index contributed by atoms with van der Waals surface area (Å²) in [6, 6.07) is 9.30. The van der Waals surface area contributed by atoms with E-state index in [0.717, 1.165) is 0 Å². The number of nitrogens with one attached hydrogen (secondary N) is 2. The number of hydrogen-bond acceptors (Lipinski definition) is 4. The lowest BCUT2D eigenvalue weighted by molar-refractivity contribution is -0.106. The van der Waals surface area contributed by atoms with Crippen LogP contribution in [-0.2, 0) is 9.59 Å². The van der Waals surface area contributed by atoms with E-state index in [1.54, 1.807) is 24.3 Å². The van der Waals surface area contributed by atoms with Gasteiger partial charge in [-0.2, -0.15) is 0 Å². The zero-order chi connectivity index (χ0) is 15.7. The Labute approximate surface area is 125 Å². The summed E-state index contributed by atoms with van der Waals surface area (Å²) in [6.45, 7) is 0. The summed E-state index contributed by atoms with van der Waals surface area (Å²) >= 11 is 0. The molecule has 2 N–H and O–H groups in total. The number of carbonyl (C=O) groups is 4. The molecule has 6 nitrogen and oxygen atoms in total. The van der Waals surface area contributed by atoms with E-state index in [-0.39, 0.29) is 45.2 Å². The van der Waals surface area contributed by atoms with Gasteiger partial charge in [0.05, 0.1) is 22.5 Å². The Balaban J connectivity index is 2.27. The van der Waals surface area contributed by atoms with Gasteiger partial charge in [0.2, 0.25) is 12.8 Å². The van der Waals surface area contributed by atoms with Crippen molar-refractivity contribution in [3.8, 4) is 0 Å². The van der Waals surface area contributed by atoms with Crippen LogP contribution in [-0.4, -0.2) is 24.4 Å². The lowest BCUT2D eigenvalue weighted by Gasteiger charge is -2.21. The van der Waals surface area contributed by atoms with Crippen molar-refractivity contribution in [2.45, 2.75) is 0 Å². The van der Waals surface area contributed by atoms with Gasteiger partial charge < -0.3 is 10.6 Å². The first kappa shape index (κ1) is 13.7. The largest absolute Gasteiger partial charge is 0.328 e. The molecule has 0 aromatic heterocycles. The number of benzene rings is 2. The molecule has 0 unspecified atom stereocenters. The highest BCUT2D eigenvalue weighted by molar-refractivity contribution is 6.32. The van der Waals surface area contributed by atoms with Gasteiger partial charge in [-0.1, -0.05) is 24.3 Å². The monoisotopic (exact) mass is 294 g/mol. The lowest BCUT2D eigenvalue weighted by atomic mass is 9.82. The first-order valence-electron chi connectivity index (χ1n) is 6.45. The van der Waals surface area contributed by atoms with E-state index < -0.39 is 0 Å². The first-order chi connectivity index (χ1) is 10.7. The molecule has 1 aliphatic rings. The van der Waals surface area contributed by atoms with Gasteiger partial charge in [-0.15, -0.1) is 0 Å². The van der Waals surface area contributed by atoms with Crippen LogP contribution in [0.25, 0.3) is 0 Å². The molecule has 0 saturated carbocycles. The molecule has 0 heterocycles. The Morgan fingerprint density at radius 1 is 0.682 bits per heavy atom. The predicted molar refractivity (Wildman–Crippen MR) is 79.1 cm³/mol. The van der Waals surface area contributed by atoms with Crippen LogP contribution in [0.4, 0.5) is 11.4 Å². The van der Waals surface area contributed by atoms with Crippen molar-refractivity contribution >= 4 is 35.8 Å². The van der Waals surface area contributed by atoms with Crippen LogP contribution < -0.4 is 10.6 Å². The third kappa shape index (κ3) is 1.89. The second kappa shape index (κ2) is 5.25. The van der Waals surface area contributed by atoms with Gasteiger partial charge >= 0.3 is 0 Å². The summed E-state index contributed by atoms with van der Waals surface area (Å²) in [5, 5.41) is 4.86. The third-order valence-corrected chi connectivity index (χ3v) is 3.50. The molecular weight excluding hydrogens is 284 g/mol. The Morgan fingerprint density at radius 3 is 1.45 bits per heavy atom. The first-order valence-corrected chi connectivity index (χ1v) is 6.45. The number of carbonyl (C=O) groups excluding carboxylic acids is 4. The fourth-order valence-electron chi connectivity index (χ4n) is 2.61. The average Bonchev–Trinajstić information content (AvgIpc) is 2.53. The molecule has 1 aliphatic carbocycles. The molecule has 22 heavy (non-hydrogen) atoms. The van der Waals surface area contributed by atoms with Crippen molar-refractivity contribution in [2.75, 3.05) is 10.6 Å². The topological polar surface area (TPSA) is 92.3 Å². The Kier molecular flexibility index (Phi) is 3.27. The minimum atomic E-state index is -0.371. The maximum atomic E-state index is 12.7. The summed E-state index contributed by atoms with van der Waals surface area (Å²) in [4.78, 5) is 46.7. The van der Waals surface area contributed by atoms with Crippen LogP contribution in [0.5, 0.6) is 0 Å². The van der Waals surface area contributed by atoms with E-state index in [9.17, 15) is 19.2 Å². The van der Waals surface area contributed by atoms with Crippen LogP contribution in [0, 0.1) is 0 Å². The van der Waals surface area contributed by atoms with Crippen molar-refractivity contribution in [1.29, 1.82) is 0 Å². The molecule has 3 rings (SSSR count). The van der Waals surface area contributed by atoms with Gasteiger partial charge in [-0.3, -0.25) is 19.2 Å². The fourth-order valence-corrected chi connectivity index (χ4v) is 2.61. The molecule has 2 aromatic rings. The van der Waals surface area contributed by atoms with Crippen LogP contribution in [0.1, 0.15) is 31.8 Å². The Morgan fingerprint density at radius 2 is 1.09 bits per heavy atom. The zero-order valence-electron chi connectivity index (χ0n) is 11.3. The number of fused-ring (bicyclic) bond motifs is 2. The second-order valence-electron chi connectivity index (χ2n) is 4.64. The van der Waals surface area contributed by atoms with Crippen LogP contribution in [0.3, 0.4) is 0 Å². The minimum absolute atomic E-state index is 0.162. The number of anilines is 2. The molecule has 0 bridgehead atoms. The molecule has 0 radical (unpaired) electrons. The van der Waals surface area contributed by atoms with E-state index in [2.05, 4.69) is 10.6 Å². The van der Waals surface area contributed by atoms with Crippen molar-refractivity contribution < 1.29 is 19.2 Å². The van der Waals surface area contributed by atoms with Crippen LogP contribution in [0.2, 0.25) is 0 Å². The molecule has 2 aromatic carbocycles. The van der Waals surface area contributed by atoms with Crippen LogP contribution >= 0.6 is 0 Å². The lowest BCUT2D eigenvalue weighted by Crippen LogP contribution is -2.23. The SMILES string of the molecule is O=CNc1cccc2c1C(=O)c1cccc(NC=O)c1C2=O. The Bertz CT molecular complexity index is 757. The van der Waals surface area contributed by atoms with Gasteiger partial charge in [0.15, 0.2) is 11.6 Å². The standard InChI is InChI=1S/C16H10N2O4/c19-7-17-11-5-1-3-9-13(11)16(22)10-4-2-6-12(18-8-20)14(10)15(9)21/h1-8H,(H,17,19)(H,18,20). The van der Waals surface area contributed by atoms with Gasteiger partial charge in [-0.05, 0) is 12.1 Å². The van der Waals surface area contributed by atoms with Gasteiger partial charge in [-0.25, -0.2) is 0 Å². The minimum Gasteiger partial charge on any atom is -0.328 e. The number of amides is 2. The molecule has 6 heteroatoms. The molecule has 0 aliphatic heterocycles. The number of ketones is 2. The summed E-state index contributed by atoms with van der Waals surface area (Å²) in [5.41, 5.74) is 1.29. The quantitative estimate of drug-likeness (QED) is 0.715. The van der Waals surface area contributed by atoms with E-state index in [1.807, 2.05) is 0 Å². The third-order valence-electron chi connectivity index (χ3n) is 3.50. The average molecular weight is 294 g/mol. The maximum absolute atomic E-state index is 12.7. The maximum Gasteiger partial charge on any atom is 0.211 e. The van der Waals surface area contributed by atoms with Crippen molar-refractivity contribution in [3.05, 3.63) is 58.7 Å². The fraction of sp³-hybridized carbons (Fsp3) is 0. The molecule has 0 spiro atoms. The molecule has 0 atom stereocenters. The van der Waals surface area contributed by atoms with E-state index in [4.69, 9.17) is 0 Å². The summed E-state index contributed by atoms with van der Waals surface area (Å²) in [5.74, 6) is -0.742. The van der Waals surface area contributed by atoms with Crippen molar-refractivity contribution in [3.63, 3.8) is 0 Å². The highest BCUT2D eigenvalue weighted by Crippen LogP contribution is 2.34. The summed E-state index contributed by atoms with van der Waals surface area (Å²) in [7, 11) is 0. The zero-order valence-corrected chi connectivity index (χ0v) is 11.3. The molecule has 0 fully saturated rings. The second-order valence-corrected chi connectivity index (χ2v) is 4.64. The van der Waals surface area contributed by atoms with Gasteiger partial charge in [0, 0.05) is 11.1 Å². The smallest absolute Gasteiger partial charge is 0.211 e. The highest BCUT2D eigenvalue weighted by atomic mass is 16.1. The molecule has 108 valence electrons. The van der Waals surface area contributed by atoms with E-state index in [1.165, 1.54) is 12.1 Å². The normalized spacial score (nSPS) is 12.2. The molecular formula is C16H10N2O4. The highest BCUT2D eigenvalue weighted by Gasteiger charge is 2.33. The Hall–Kier alpha value is -3.28. The van der Waals surface area contributed by atoms with Crippen molar-refractivity contribution in [2.24, 2.45) is 0 Å².